The summed E-state index contributed by atoms with van der Waals surface area (Å²) in [5.41, 5.74) is 0.235. The summed E-state index contributed by atoms with van der Waals surface area (Å²) in [7, 11) is 0. The Hall–Kier alpha value is -3.46. The largest absolute Gasteiger partial charge is 0.436 e. The van der Waals surface area contributed by atoms with Crippen molar-refractivity contribution < 1.29 is 23.1 Å². The molecule has 2 aromatic carbocycles. The standard InChI is InChI=1S/C25H23ClF2N4O3/c1-2-16(14-4-6-15(27)7-5-14)22-29-12-19(30-22)23(33)32-11-3-10-25(13-32)20-18(31-24(34)35-25)9-8-17(26)21(20)28/h4-9,12,16H,2-3,10-11,13H2,1H3,(H,29,30)(H,31,34)/t16-,25-/m0/s1. The van der Waals surface area contributed by atoms with Gasteiger partial charge in [-0.15, -0.1) is 0 Å². The lowest BCUT2D eigenvalue weighted by Gasteiger charge is -2.45. The molecule has 0 bridgehead atoms. The van der Waals surface area contributed by atoms with Gasteiger partial charge in [0.15, 0.2) is 11.4 Å². The Morgan fingerprint density at radius 2 is 2.03 bits per heavy atom. The molecule has 5 rings (SSSR count). The van der Waals surface area contributed by atoms with Gasteiger partial charge >= 0.3 is 6.09 Å². The Kier molecular flexibility index (Phi) is 5.96. The second-order valence-electron chi connectivity index (χ2n) is 8.82. The lowest BCUT2D eigenvalue weighted by atomic mass is 9.83. The van der Waals surface area contributed by atoms with E-state index in [4.69, 9.17) is 16.3 Å². The van der Waals surface area contributed by atoms with E-state index >= 15 is 4.39 Å². The van der Waals surface area contributed by atoms with Crippen molar-refractivity contribution >= 4 is 29.3 Å². The Balaban J connectivity index is 1.42. The van der Waals surface area contributed by atoms with E-state index in [0.717, 1.165) is 5.56 Å². The zero-order valence-electron chi connectivity index (χ0n) is 18.9. The summed E-state index contributed by atoms with van der Waals surface area (Å²) in [4.78, 5) is 34.7. The molecule has 2 N–H and O–H groups in total. The molecule has 0 radical (unpaired) electrons. The first kappa shape index (κ1) is 23.3. The second-order valence-corrected chi connectivity index (χ2v) is 9.22. The van der Waals surface area contributed by atoms with Crippen LogP contribution in [0.4, 0.5) is 19.3 Å². The molecule has 0 aliphatic carbocycles. The number of ether oxygens (including phenoxy) is 1. The molecule has 0 saturated carbocycles. The van der Waals surface area contributed by atoms with Crippen molar-refractivity contribution in [2.75, 3.05) is 18.4 Å². The topological polar surface area (TPSA) is 87.3 Å². The van der Waals surface area contributed by atoms with Gasteiger partial charge in [0.05, 0.1) is 29.0 Å². The summed E-state index contributed by atoms with van der Waals surface area (Å²) in [6, 6.07) is 9.09. The molecule has 10 heteroatoms. The fourth-order valence-electron chi connectivity index (χ4n) is 5.02. The van der Waals surface area contributed by atoms with Crippen LogP contribution >= 0.6 is 11.6 Å². The van der Waals surface area contributed by atoms with Crippen LogP contribution in [0.15, 0.2) is 42.6 Å². The fourth-order valence-corrected chi connectivity index (χ4v) is 5.18. The Morgan fingerprint density at radius 1 is 1.26 bits per heavy atom. The van der Waals surface area contributed by atoms with Gasteiger partial charge in [-0.3, -0.25) is 10.1 Å². The third-order valence-corrected chi connectivity index (χ3v) is 6.95. The number of piperidine rings is 1. The normalized spacial score (nSPS) is 20.2. The van der Waals surface area contributed by atoms with Crippen LogP contribution in [-0.2, 0) is 10.3 Å². The van der Waals surface area contributed by atoms with Gasteiger partial charge in [-0.25, -0.2) is 18.6 Å². The molecule has 2 atom stereocenters. The Labute approximate surface area is 205 Å². The Morgan fingerprint density at radius 3 is 2.77 bits per heavy atom. The van der Waals surface area contributed by atoms with Crippen LogP contribution in [0.1, 0.15) is 59.5 Å². The van der Waals surface area contributed by atoms with E-state index in [1.165, 1.54) is 35.4 Å². The summed E-state index contributed by atoms with van der Waals surface area (Å²) in [5.74, 6) is -0.887. The van der Waals surface area contributed by atoms with E-state index < -0.39 is 17.5 Å². The zero-order valence-corrected chi connectivity index (χ0v) is 19.7. The first-order chi connectivity index (χ1) is 16.8. The number of aromatic nitrogens is 2. The number of imidazole rings is 1. The molecule has 1 spiro atoms. The highest BCUT2D eigenvalue weighted by Crippen LogP contribution is 2.45. The van der Waals surface area contributed by atoms with E-state index in [2.05, 4.69) is 15.3 Å². The number of carbonyl (C=O) groups excluding carboxylic acids is 2. The first-order valence-corrected chi connectivity index (χ1v) is 11.8. The van der Waals surface area contributed by atoms with E-state index in [-0.39, 0.29) is 46.2 Å². The Bertz CT molecular complexity index is 1300. The highest BCUT2D eigenvalue weighted by atomic mass is 35.5. The van der Waals surface area contributed by atoms with Crippen molar-refractivity contribution in [3.8, 4) is 0 Å². The summed E-state index contributed by atoms with van der Waals surface area (Å²) in [5, 5.41) is 2.43. The van der Waals surface area contributed by atoms with Gasteiger partial charge in [0.2, 0.25) is 0 Å². The SMILES string of the molecule is CC[C@@H](c1ccc(F)cc1)c1ncc(C(=O)N2CCC[C@@]3(C2)OC(=O)Nc2ccc(Cl)c(F)c23)[nH]1. The van der Waals surface area contributed by atoms with Gasteiger partial charge < -0.3 is 14.6 Å². The van der Waals surface area contributed by atoms with Crippen LogP contribution < -0.4 is 5.32 Å². The van der Waals surface area contributed by atoms with E-state index in [1.807, 2.05) is 6.92 Å². The minimum atomic E-state index is -1.34. The molecule has 7 nitrogen and oxygen atoms in total. The number of hydrogen-bond acceptors (Lipinski definition) is 4. The number of nitrogens with zero attached hydrogens (tertiary/aromatic N) is 2. The van der Waals surface area contributed by atoms with Crippen LogP contribution in [0.25, 0.3) is 0 Å². The average molecular weight is 501 g/mol. The number of likely N-dealkylation sites (tertiary alicyclic amines) is 1. The summed E-state index contributed by atoms with van der Waals surface area (Å²) in [6.07, 6.45) is 2.30. The van der Waals surface area contributed by atoms with Gasteiger partial charge in [-0.2, -0.15) is 0 Å². The molecular weight excluding hydrogens is 478 g/mol. The predicted molar refractivity (Wildman–Crippen MR) is 125 cm³/mol. The average Bonchev–Trinajstić information content (AvgIpc) is 3.32. The van der Waals surface area contributed by atoms with E-state index in [9.17, 15) is 14.0 Å². The number of halogens is 3. The lowest BCUT2D eigenvalue weighted by molar-refractivity contribution is -0.0419. The van der Waals surface area contributed by atoms with Crippen molar-refractivity contribution in [3.63, 3.8) is 0 Å². The van der Waals surface area contributed by atoms with Crippen LogP contribution in [0.2, 0.25) is 5.02 Å². The molecule has 2 amide bonds. The third-order valence-electron chi connectivity index (χ3n) is 6.65. The summed E-state index contributed by atoms with van der Waals surface area (Å²) in [6.45, 7) is 2.37. The first-order valence-electron chi connectivity index (χ1n) is 11.4. The van der Waals surface area contributed by atoms with Crippen molar-refractivity contribution in [1.29, 1.82) is 0 Å². The monoisotopic (exact) mass is 500 g/mol. The van der Waals surface area contributed by atoms with Crippen LogP contribution in [-0.4, -0.2) is 40.0 Å². The fraction of sp³-hybridized carbons (Fsp3) is 0.320. The quantitative estimate of drug-likeness (QED) is 0.490. The van der Waals surface area contributed by atoms with E-state index in [0.29, 0.717) is 31.6 Å². The van der Waals surface area contributed by atoms with Crippen molar-refractivity contribution in [2.45, 2.75) is 37.7 Å². The molecule has 2 aliphatic heterocycles. The van der Waals surface area contributed by atoms with Gasteiger partial charge in [0.25, 0.3) is 5.91 Å². The number of hydrogen-bond donors (Lipinski definition) is 2. The number of fused-ring (bicyclic) bond motifs is 2. The molecular formula is C25H23ClF2N4O3. The maximum absolute atomic E-state index is 15.1. The number of anilines is 1. The molecule has 182 valence electrons. The number of carbonyl (C=O) groups is 2. The van der Waals surface area contributed by atoms with Crippen LogP contribution in [0.5, 0.6) is 0 Å². The molecule has 1 saturated heterocycles. The predicted octanol–water partition coefficient (Wildman–Crippen LogP) is 5.58. The van der Waals surface area contributed by atoms with Gasteiger partial charge in [-0.05, 0) is 49.1 Å². The third kappa shape index (κ3) is 4.14. The minimum absolute atomic E-state index is 0.0208. The molecule has 3 aromatic rings. The highest BCUT2D eigenvalue weighted by molar-refractivity contribution is 6.31. The maximum atomic E-state index is 15.1. The number of benzene rings is 2. The number of nitrogens with one attached hydrogen (secondary N) is 2. The van der Waals surface area contributed by atoms with Gasteiger partial charge in [-0.1, -0.05) is 30.7 Å². The summed E-state index contributed by atoms with van der Waals surface area (Å²) >= 11 is 6.03. The number of aromatic amines is 1. The van der Waals surface area contributed by atoms with Gasteiger partial charge in [0.1, 0.15) is 17.3 Å². The molecule has 35 heavy (non-hydrogen) atoms. The molecule has 1 aromatic heterocycles. The molecule has 3 heterocycles. The number of rotatable bonds is 4. The zero-order chi connectivity index (χ0) is 24.7. The summed E-state index contributed by atoms with van der Waals surface area (Å²) < 4.78 is 34.1. The van der Waals surface area contributed by atoms with Crippen molar-refractivity contribution in [3.05, 3.63) is 81.9 Å². The number of H-pyrrole nitrogens is 1. The molecule has 2 aliphatic rings. The molecule has 1 fully saturated rings. The maximum Gasteiger partial charge on any atom is 0.412 e. The lowest BCUT2D eigenvalue weighted by Crippen LogP contribution is -2.53. The van der Waals surface area contributed by atoms with Crippen LogP contribution in [0, 0.1) is 11.6 Å². The van der Waals surface area contributed by atoms with Crippen LogP contribution in [0.3, 0.4) is 0 Å². The minimum Gasteiger partial charge on any atom is -0.436 e. The van der Waals surface area contributed by atoms with Crippen molar-refractivity contribution in [2.24, 2.45) is 0 Å². The second kappa shape index (κ2) is 8.96. The highest BCUT2D eigenvalue weighted by Gasteiger charge is 2.48. The number of amides is 2. The van der Waals surface area contributed by atoms with Gasteiger partial charge in [0, 0.05) is 12.5 Å². The van der Waals surface area contributed by atoms with E-state index in [1.54, 1.807) is 12.1 Å². The smallest absolute Gasteiger partial charge is 0.412 e. The molecule has 0 unspecified atom stereocenters. The van der Waals surface area contributed by atoms with Crippen molar-refractivity contribution in [1.82, 2.24) is 14.9 Å².